The first-order valence-electron chi connectivity index (χ1n) is 8.68. The number of ether oxygens (including phenoxy) is 2. The fourth-order valence-corrected chi connectivity index (χ4v) is 3.53. The van der Waals surface area contributed by atoms with Gasteiger partial charge in [0.15, 0.2) is 0 Å². The van der Waals surface area contributed by atoms with Crippen molar-refractivity contribution < 1.29 is 23.9 Å². The molecule has 146 valence electrons. The van der Waals surface area contributed by atoms with Gasteiger partial charge in [0.05, 0.1) is 7.11 Å². The summed E-state index contributed by atoms with van der Waals surface area (Å²) in [4.78, 5) is 38.3. The number of carbonyl (C=O) groups excluding carboxylic acids is 3. The van der Waals surface area contributed by atoms with Crippen LogP contribution in [0.5, 0.6) is 5.75 Å². The maximum atomic E-state index is 12.8. The molecule has 1 atom stereocenters. The van der Waals surface area contributed by atoms with Crippen LogP contribution in [0, 0.1) is 0 Å². The van der Waals surface area contributed by atoms with E-state index in [1.54, 1.807) is 48.5 Å². The molecule has 0 bridgehead atoms. The lowest BCUT2D eigenvalue weighted by atomic mass is 10.1. The molecule has 3 rings (SSSR count). The lowest BCUT2D eigenvalue weighted by molar-refractivity contribution is -0.155. The number of methoxy groups -OCH3 is 1. The molecule has 0 spiro atoms. The first-order valence-corrected chi connectivity index (χ1v) is 9.66. The van der Waals surface area contributed by atoms with Gasteiger partial charge in [0, 0.05) is 29.6 Å². The van der Waals surface area contributed by atoms with E-state index in [-0.39, 0.29) is 11.8 Å². The Balaban J connectivity index is 1.73. The highest BCUT2D eigenvalue weighted by molar-refractivity contribution is 8.13. The summed E-state index contributed by atoms with van der Waals surface area (Å²) in [6.45, 7) is 0.312. The molecule has 1 saturated heterocycles. The molecule has 0 aliphatic carbocycles. The Morgan fingerprint density at radius 1 is 1.18 bits per heavy atom. The minimum Gasteiger partial charge on any atom is -0.497 e. The predicted molar refractivity (Wildman–Crippen MR) is 106 cm³/mol. The third kappa shape index (κ3) is 5.04. The zero-order valence-corrected chi connectivity index (χ0v) is 16.1. The van der Waals surface area contributed by atoms with Crippen LogP contribution in [0.3, 0.4) is 0 Å². The molecule has 0 aromatic heterocycles. The van der Waals surface area contributed by atoms with Gasteiger partial charge in [-0.25, -0.2) is 0 Å². The Bertz CT molecular complexity index is 859. The Hall–Kier alpha value is -3.00. The van der Waals surface area contributed by atoms with Crippen LogP contribution in [-0.4, -0.2) is 48.0 Å². The average molecular weight is 400 g/mol. The lowest BCUT2D eigenvalue weighted by Crippen LogP contribution is -2.34. The van der Waals surface area contributed by atoms with Crippen molar-refractivity contribution in [1.82, 2.24) is 4.90 Å². The summed E-state index contributed by atoms with van der Waals surface area (Å²) in [5, 5.41) is 2.58. The number of hydrogen-bond donors (Lipinski definition) is 1. The van der Waals surface area contributed by atoms with Crippen LogP contribution in [0.25, 0.3) is 0 Å². The molecule has 1 fully saturated rings. The zero-order valence-electron chi connectivity index (χ0n) is 15.3. The van der Waals surface area contributed by atoms with Gasteiger partial charge in [-0.2, -0.15) is 0 Å². The van der Waals surface area contributed by atoms with Gasteiger partial charge in [0.25, 0.3) is 11.1 Å². The van der Waals surface area contributed by atoms with Crippen molar-refractivity contribution in [2.24, 2.45) is 0 Å². The van der Waals surface area contributed by atoms with Crippen LogP contribution in [-0.2, 0) is 14.3 Å². The molecule has 1 aliphatic heterocycles. The van der Waals surface area contributed by atoms with E-state index in [1.165, 1.54) is 12.0 Å². The van der Waals surface area contributed by atoms with Gasteiger partial charge >= 0.3 is 5.97 Å². The minimum absolute atomic E-state index is 0.158. The third-order valence-corrected chi connectivity index (χ3v) is 4.98. The molecule has 1 aliphatic rings. The summed E-state index contributed by atoms with van der Waals surface area (Å²) in [5.41, 5.74) is 1.06. The van der Waals surface area contributed by atoms with Gasteiger partial charge in [0.2, 0.25) is 6.10 Å². The number of thioether (sulfide) groups is 1. The van der Waals surface area contributed by atoms with E-state index in [9.17, 15) is 14.4 Å². The van der Waals surface area contributed by atoms with Crippen molar-refractivity contribution in [2.75, 3.05) is 31.3 Å². The number of hydrogen-bond acceptors (Lipinski definition) is 6. The zero-order chi connectivity index (χ0) is 19.9. The molecule has 1 heterocycles. The van der Waals surface area contributed by atoms with Crippen molar-refractivity contribution in [2.45, 2.75) is 6.10 Å². The van der Waals surface area contributed by atoms with Gasteiger partial charge in [0.1, 0.15) is 12.3 Å². The molecule has 2 aromatic rings. The van der Waals surface area contributed by atoms with Crippen LogP contribution < -0.4 is 10.1 Å². The molecule has 28 heavy (non-hydrogen) atoms. The van der Waals surface area contributed by atoms with Gasteiger partial charge in [-0.15, -0.1) is 0 Å². The predicted octanol–water partition coefficient (Wildman–Crippen LogP) is 3.09. The highest BCUT2D eigenvalue weighted by atomic mass is 32.2. The van der Waals surface area contributed by atoms with Gasteiger partial charge in [-0.1, -0.05) is 48.2 Å². The molecule has 7 nitrogen and oxygen atoms in total. The summed E-state index contributed by atoms with van der Waals surface area (Å²) in [6.07, 6.45) is -1.13. The second kappa shape index (κ2) is 9.27. The van der Waals surface area contributed by atoms with Gasteiger partial charge in [-0.3, -0.25) is 14.4 Å². The third-order valence-electron chi connectivity index (χ3n) is 4.09. The Kier molecular flexibility index (Phi) is 6.54. The van der Waals surface area contributed by atoms with Crippen molar-refractivity contribution in [1.29, 1.82) is 0 Å². The number of nitrogens with zero attached hydrogens (tertiary/aromatic N) is 1. The summed E-state index contributed by atoms with van der Waals surface area (Å²) in [7, 11) is 1.54. The molecule has 8 heteroatoms. The Labute approximate surface area is 167 Å². The summed E-state index contributed by atoms with van der Waals surface area (Å²) in [5.74, 6) is 0.112. The van der Waals surface area contributed by atoms with E-state index in [1.807, 2.05) is 6.07 Å². The molecule has 0 radical (unpaired) electrons. The van der Waals surface area contributed by atoms with Crippen LogP contribution in [0.2, 0.25) is 0 Å². The monoisotopic (exact) mass is 400 g/mol. The highest BCUT2D eigenvalue weighted by Crippen LogP contribution is 2.23. The fourth-order valence-electron chi connectivity index (χ4n) is 2.70. The second-order valence-corrected chi connectivity index (χ2v) is 7.08. The molecule has 0 unspecified atom stereocenters. The van der Waals surface area contributed by atoms with Gasteiger partial charge < -0.3 is 19.7 Å². The molecule has 1 N–H and O–H groups in total. The molecule has 2 aromatic carbocycles. The molecule has 0 saturated carbocycles. The normalized spacial score (nSPS) is 14.5. The number of amides is 2. The quantitative estimate of drug-likeness (QED) is 0.719. The minimum atomic E-state index is -1.13. The van der Waals surface area contributed by atoms with Crippen molar-refractivity contribution >= 4 is 34.6 Å². The summed E-state index contributed by atoms with van der Waals surface area (Å²) in [6, 6.07) is 15.6. The second-order valence-electron chi connectivity index (χ2n) is 6.04. The smallest absolute Gasteiger partial charge is 0.326 e. The van der Waals surface area contributed by atoms with E-state index in [0.29, 0.717) is 29.3 Å². The van der Waals surface area contributed by atoms with E-state index in [4.69, 9.17) is 9.47 Å². The summed E-state index contributed by atoms with van der Waals surface area (Å²) >= 11 is 1.16. The van der Waals surface area contributed by atoms with Crippen molar-refractivity contribution in [3.05, 3.63) is 60.2 Å². The van der Waals surface area contributed by atoms with Gasteiger partial charge in [-0.05, 0) is 12.1 Å². The maximum absolute atomic E-state index is 12.8. The standard InChI is InChI=1S/C20H20N2O5S/c1-26-16-9-5-8-15(12-16)21-19(24)18(14-6-3-2-4-7-14)27-17(23)13-22-10-11-28-20(22)25/h2-9,12,18H,10-11,13H2,1H3,(H,21,24)/t18-/m0/s1. The number of rotatable bonds is 7. The first kappa shape index (κ1) is 19.8. The molecular formula is C20H20N2O5S. The van der Waals surface area contributed by atoms with E-state index in [2.05, 4.69) is 5.32 Å². The van der Waals surface area contributed by atoms with Crippen LogP contribution in [0.15, 0.2) is 54.6 Å². The van der Waals surface area contributed by atoms with E-state index < -0.39 is 18.0 Å². The van der Waals surface area contributed by atoms with Crippen LogP contribution in [0.1, 0.15) is 11.7 Å². The van der Waals surface area contributed by atoms with Crippen LogP contribution in [0.4, 0.5) is 10.5 Å². The SMILES string of the molecule is COc1cccc(NC(=O)[C@@H](OC(=O)CN2CCSC2=O)c2ccccc2)c1. The number of benzene rings is 2. The van der Waals surface area contributed by atoms with E-state index >= 15 is 0 Å². The number of anilines is 1. The highest BCUT2D eigenvalue weighted by Gasteiger charge is 2.29. The van der Waals surface area contributed by atoms with Crippen molar-refractivity contribution in [3.8, 4) is 5.75 Å². The number of esters is 1. The molecular weight excluding hydrogens is 380 g/mol. The van der Waals surface area contributed by atoms with Crippen LogP contribution >= 0.6 is 11.8 Å². The lowest BCUT2D eigenvalue weighted by Gasteiger charge is -2.20. The fraction of sp³-hybridized carbons (Fsp3) is 0.250. The maximum Gasteiger partial charge on any atom is 0.326 e. The Morgan fingerprint density at radius 2 is 1.96 bits per heavy atom. The number of nitrogens with one attached hydrogen (secondary N) is 1. The number of carbonyl (C=O) groups is 3. The largest absolute Gasteiger partial charge is 0.497 e. The van der Waals surface area contributed by atoms with E-state index in [0.717, 1.165) is 11.8 Å². The topological polar surface area (TPSA) is 84.9 Å². The summed E-state index contributed by atoms with van der Waals surface area (Å²) < 4.78 is 10.6. The first-order chi connectivity index (χ1) is 13.6. The van der Waals surface area contributed by atoms with Crippen molar-refractivity contribution in [3.63, 3.8) is 0 Å². The average Bonchev–Trinajstić information content (AvgIpc) is 3.11. The Morgan fingerprint density at radius 3 is 2.64 bits per heavy atom. The molecule has 2 amide bonds.